The summed E-state index contributed by atoms with van der Waals surface area (Å²) in [5.74, 6) is 0.648. The molecule has 0 aliphatic rings. The van der Waals surface area contributed by atoms with Crippen molar-refractivity contribution in [1.29, 1.82) is 0 Å². The summed E-state index contributed by atoms with van der Waals surface area (Å²) >= 11 is 1.20. The molecule has 2 rings (SSSR count). The Labute approximate surface area is 115 Å². The number of anilines is 1. The van der Waals surface area contributed by atoms with E-state index < -0.39 is 10.0 Å². The van der Waals surface area contributed by atoms with Crippen molar-refractivity contribution in [3.8, 4) is 5.75 Å². The second kappa shape index (κ2) is 5.60. The third kappa shape index (κ3) is 3.06. The molecule has 0 aliphatic heterocycles. The summed E-state index contributed by atoms with van der Waals surface area (Å²) in [5, 5.41) is 10.7. The molecule has 0 bridgehead atoms. The second-order valence-corrected chi connectivity index (χ2v) is 6.35. The molecule has 1 aromatic carbocycles. The summed E-state index contributed by atoms with van der Waals surface area (Å²) in [6.07, 6.45) is 0. The maximum absolute atomic E-state index is 12.2. The average molecular weight is 299 g/mol. The fourth-order valence-electron chi connectivity index (χ4n) is 1.55. The number of aliphatic hydroxyl groups excluding tert-OH is 1. The number of benzene rings is 1. The lowest BCUT2D eigenvalue weighted by Crippen LogP contribution is -2.13. The Hall–Kier alpha value is -1.57. The van der Waals surface area contributed by atoms with Gasteiger partial charge in [0.05, 0.1) is 18.6 Å². The summed E-state index contributed by atoms with van der Waals surface area (Å²) in [6.45, 7) is -0.295. The lowest BCUT2D eigenvalue weighted by Gasteiger charge is -2.08. The molecule has 102 valence electrons. The molecule has 2 aromatic rings. The first-order valence-electron chi connectivity index (χ1n) is 5.41. The number of thiophene rings is 1. The van der Waals surface area contributed by atoms with Gasteiger partial charge in [-0.3, -0.25) is 4.72 Å². The van der Waals surface area contributed by atoms with Crippen molar-refractivity contribution in [2.45, 2.75) is 11.5 Å². The highest BCUT2D eigenvalue weighted by molar-refractivity contribution is 7.93. The minimum atomic E-state index is -3.67. The summed E-state index contributed by atoms with van der Waals surface area (Å²) in [4.78, 5) is 0.525. The highest BCUT2D eigenvalue weighted by Gasteiger charge is 2.19. The highest BCUT2D eigenvalue weighted by Crippen LogP contribution is 2.25. The first-order chi connectivity index (χ1) is 9.06. The van der Waals surface area contributed by atoms with Crippen molar-refractivity contribution in [1.82, 2.24) is 0 Å². The number of aliphatic hydroxyl groups is 1. The van der Waals surface area contributed by atoms with E-state index in [0.717, 1.165) is 0 Å². The van der Waals surface area contributed by atoms with Crippen LogP contribution in [0.15, 0.2) is 40.6 Å². The van der Waals surface area contributed by atoms with E-state index in [1.807, 2.05) is 0 Å². The van der Waals surface area contributed by atoms with Gasteiger partial charge in [0.1, 0.15) is 10.6 Å². The zero-order valence-electron chi connectivity index (χ0n) is 10.2. The first-order valence-corrected chi connectivity index (χ1v) is 7.77. The van der Waals surface area contributed by atoms with Gasteiger partial charge in [0, 0.05) is 5.69 Å². The van der Waals surface area contributed by atoms with Crippen molar-refractivity contribution in [2.24, 2.45) is 0 Å². The quantitative estimate of drug-likeness (QED) is 0.886. The zero-order chi connectivity index (χ0) is 13.9. The van der Waals surface area contributed by atoms with Gasteiger partial charge in [-0.2, -0.15) is 0 Å². The van der Waals surface area contributed by atoms with E-state index in [-0.39, 0.29) is 11.5 Å². The molecule has 0 saturated heterocycles. The van der Waals surface area contributed by atoms with Crippen molar-refractivity contribution in [3.05, 3.63) is 40.6 Å². The van der Waals surface area contributed by atoms with E-state index >= 15 is 0 Å². The van der Waals surface area contributed by atoms with E-state index in [1.54, 1.807) is 29.6 Å². The predicted molar refractivity (Wildman–Crippen MR) is 74.0 cm³/mol. The molecule has 0 spiro atoms. The molecule has 0 aliphatic carbocycles. The van der Waals surface area contributed by atoms with Crippen LogP contribution in [0.25, 0.3) is 0 Å². The number of hydrogen-bond donors (Lipinski definition) is 2. The minimum Gasteiger partial charge on any atom is -0.497 e. The molecular weight excluding hydrogens is 286 g/mol. The molecule has 2 N–H and O–H groups in total. The van der Waals surface area contributed by atoms with E-state index in [9.17, 15) is 8.42 Å². The predicted octanol–water partition coefficient (Wildman–Crippen LogP) is 2.05. The van der Waals surface area contributed by atoms with Crippen LogP contribution in [0, 0.1) is 0 Å². The van der Waals surface area contributed by atoms with Crippen molar-refractivity contribution < 1.29 is 18.3 Å². The van der Waals surface area contributed by atoms with Gasteiger partial charge in [0.25, 0.3) is 10.0 Å². The summed E-state index contributed by atoms with van der Waals surface area (Å²) in [5.41, 5.74) is 0.441. The maximum Gasteiger partial charge on any atom is 0.263 e. The molecule has 1 heterocycles. The lowest BCUT2D eigenvalue weighted by atomic mass is 10.3. The number of rotatable bonds is 5. The van der Waals surface area contributed by atoms with Crippen LogP contribution in [0.1, 0.15) is 4.88 Å². The molecule has 0 atom stereocenters. The third-order valence-corrected chi connectivity index (χ3v) is 4.98. The molecule has 5 nitrogen and oxygen atoms in total. The Balaban J connectivity index is 2.26. The van der Waals surface area contributed by atoms with Gasteiger partial charge in [0.2, 0.25) is 0 Å². The minimum absolute atomic E-state index is 0.107. The molecule has 0 radical (unpaired) electrons. The Morgan fingerprint density at radius 3 is 2.53 bits per heavy atom. The van der Waals surface area contributed by atoms with Crippen LogP contribution in [0.2, 0.25) is 0 Å². The largest absolute Gasteiger partial charge is 0.497 e. The lowest BCUT2D eigenvalue weighted by molar-refractivity contribution is 0.282. The van der Waals surface area contributed by atoms with Crippen LogP contribution < -0.4 is 9.46 Å². The maximum atomic E-state index is 12.2. The van der Waals surface area contributed by atoms with E-state index in [2.05, 4.69) is 4.72 Å². The van der Waals surface area contributed by atoms with E-state index in [4.69, 9.17) is 9.84 Å². The monoisotopic (exact) mass is 299 g/mol. The smallest absolute Gasteiger partial charge is 0.263 e. The van der Waals surface area contributed by atoms with Gasteiger partial charge in [0.15, 0.2) is 0 Å². The number of methoxy groups -OCH3 is 1. The Morgan fingerprint density at radius 1 is 1.26 bits per heavy atom. The molecule has 0 unspecified atom stereocenters. The van der Waals surface area contributed by atoms with Gasteiger partial charge in [-0.1, -0.05) is 0 Å². The fraction of sp³-hybridized carbons (Fsp3) is 0.167. The number of nitrogens with one attached hydrogen (secondary N) is 1. The summed E-state index contributed by atoms with van der Waals surface area (Å²) in [6, 6.07) is 8.03. The molecule has 0 amide bonds. The Kier molecular flexibility index (Phi) is 4.08. The van der Waals surface area contributed by atoms with Crippen LogP contribution in [0.4, 0.5) is 5.69 Å². The van der Waals surface area contributed by atoms with Crippen LogP contribution in [-0.4, -0.2) is 20.6 Å². The van der Waals surface area contributed by atoms with Gasteiger partial charge >= 0.3 is 0 Å². The zero-order valence-corrected chi connectivity index (χ0v) is 11.8. The summed E-state index contributed by atoms with van der Waals surface area (Å²) < 4.78 is 31.8. The second-order valence-electron chi connectivity index (χ2n) is 3.70. The number of sulfonamides is 1. The number of hydrogen-bond acceptors (Lipinski definition) is 5. The molecular formula is C12H13NO4S2. The number of ether oxygens (including phenoxy) is 1. The molecule has 19 heavy (non-hydrogen) atoms. The molecule has 7 heteroatoms. The fourth-order valence-corrected chi connectivity index (χ4v) is 3.91. The van der Waals surface area contributed by atoms with Gasteiger partial charge in [-0.25, -0.2) is 8.42 Å². The molecule has 0 saturated carbocycles. The Bertz CT molecular complexity index is 647. The van der Waals surface area contributed by atoms with Crippen molar-refractivity contribution >= 4 is 27.0 Å². The van der Waals surface area contributed by atoms with Crippen LogP contribution in [0.5, 0.6) is 5.75 Å². The topological polar surface area (TPSA) is 75.6 Å². The van der Waals surface area contributed by atoms with E-state index in [0.29, 0.717) is 16.3 Å². The van der Waals surface area contributed by atoms with Crippen LogP contribution in [-0.2, 0) is 16.6 Å². The van der Waals surface area contributed by atoms with Crippen LogP contribution >= 0.6 is 11.3 Å². The molecule has 1 aromatic heterocycles. The average Bonchev–Trinajstić information content (AvgIpc) is 2.88. The first kappa shape index (κ1) is 13.9. The van der Waals surface area contributed by atoms with Crippen molar-refractivity contribution in [2.75, 3.05) is 11.8 Å². The van der Waals surface area contributed by atoms with Gasteiger partial charge < -0.3 is 9.84 Å². The normalized spacial score (nSPS) is 11.3. The molecule has 0 fully saturated rings. The SMILES string of the molecule is COc1ccc(NS(=O)(=O)c2ccsc2CO)cc1. The van der Waals surface area contributed by atoms with Crippen LogP contribution in [0.3, 0.4) is 0 Å². The van der Waals surface area contributed by atoms with Crippen molar-refractivity contribution in [3.63, 3.8) is 0 Å². The standard InChI is InChI=1S/C12H13NO4S2/c1-17-10-4-2-9(3-5-10)13-19(15,16)12-6-7-18-11(12)8-14/h2-7,13-14H,8H2,1H3. The third-order valence-electron chi connectivity index (χ3n) is 2.48. The summed E-state index contributed by atoms with van der Waals surface area (Å²) in [7, 11) is -2.13. The van der Waals surface area contributed by atoms with E-state index in [1.165, 1.54) is 24.5 Å². The highest BCUT2D eigenvalue weighted by atomic mass is 32.2. The van der Waals surface area contributed by atoms with Gasteiger partial charge in [-0.15, -0.1) is 11.3 Å². The Morgan fingerprint density at radius 2 is 1.95 bits per heavy atom. The van der Waals surface area contributed by atoms with Gasteiger partial charge in [-0.05, 0) is 35.7 Å².